The number of carbonyl (C=O) groups is 1. The molecule has 1 saturated carbocycles. The first-order valence-corrected chi connectivity index (χ1v) is 6.06. The van der Waals surface area contributed by atoms with Crippen LogP contribution >= 0.6 is 11.3 Å². The van der Waals surface area contributed by atoms with Gasteiger partial charge in [-0.3, -0.25) is 14.2 Å². The molecule has 1 amide bonds. The Balaban J connectivity index is 1.90. The first-order chi connectivity index (χ1) is 7.56. The summed E-state index contributed by atoms with van der Waals surface area (Å²) in [6.07, 6.45) is 0.947. The number of aromatic nitrogens is 1. The van der Waals surface area contributed by atoms with E-state index in [0.29, 0.717) is 12.8 Å². The number of thiazole rings is 1. The van der Waals surface area contributed by atoms with Gasteiger partial charge in [0.05, 0.1) is 6.10 Å². The molecule has 1 aliphatic rings. The minimum absolute atomic E-state index is 0.0668. The summed E-state index contributed by atoms with van der Waals surface area (Å²) in [5.41, 5.74) is 0.804. The quantitative estimate of drug-likeness (QED) is 0.775. The molecule has 0 bridgehead atoms. The molecule has 2 N–H and O–H groups in total. The second-order valence-electron chi connectivity index (χ2n) is 4.12. The van der Waals surface area contributed by atoms with Crippen LogP contribution in [-0.4, -0.2) is 27.7 Å². The summed E-state index contributed by atoms with van der Waals surface area (Å²) in [6.45, 7) is 1.87. The Labute approximate surface area is 96.7 Å². The molecule has 0 atom stereocenters. The lowest BCUT2D eigenvalue weighted by Crippen LogP contribution is -2.48. The highest BCUT2D eigenvalue weighted by atomic mass is 32.1. The minimum atomic E-state index is -0.282. The van der Waals surface area contributed by atoms with Crippen molar-refractivity contribution >= 4 is 17.2 Å². The molecule has 2 rings (SSSR count). The minimum Gasteiger partial charge on any atom is -0.393 e. The van der Waals surface area contributed by atoms with Gasteiger partial charge in [0.25, 0.3) is 0 Å². The first-order valence-electron chi connectivity index (χ1n) is 5.18. The SMILES string of the molecule is Cc1csc(=O)n1CC(=O)NC1CC(O)C1. The van der Waals surface area contributed by atoms with Crippen LogP contribution in [0.3, 0.4) is 0 Å². The Bertz CT molecular complexity index is 445. The second kappa shape index (κ2) is 4.39. The number of rotatable bonds is 3. The summed E-state index contributed by atoms with van der Waals surface area (Å²) >= 11 is 1.10. The Morgan fingerprint density at radius 1 is 1.69 bits per heavy atom. The average molecular weight is 242 g/mol. The largest absolute Gasteiger partial charge is 0.393 e. The van der Waals surface area contributed by atoms with E-state index in [0.717, 1.165) is 17.0 Å². The maximum absolute atomic E-state index is 11.6. The molecule has 88 valence electrons. The highest BCUT2D eigenvalue weighted by molar-refractivity contribution is 7.07. The third kappa shape index (κ3) is 2.33. The van der Waals surface area contributed by atoms with Gasteiger partial charge >= 0.3 is 4.87 Å². The number of aryl methyl sites for hydroxylation is 1. The fourth-order valence-corrected chi connectivity index (χ4v) is 2.45. The number of carbonyl (C=O) groups excluding carboxylic acids is 1. The van der Waals surface area contributed by atoms with Crippen LogP contribution in [0.2, 0.25) is 0 Å². The van der Waals surface area contributed by atoms with Crippen molar-refractivity contribution in [3.63, 3.8) is 0 Å². The highest BCUT2D eigenvalue weighted by Crippen LogP contribution is 2.19. The van der Waals surface area contributed by atoms with Crippen LogP contribution in [0.25, 0.3) is 0 Å². The van der Waals surface area contributed by atoms with Crippen LogP contribution in [0.5, 0.6) is 0 Å². The number of nitrogens with one attached hydrogen (secondary N) is 1. The maximum atomic E-state index is 11.6. The number of aliphatic hydroxyl groups is 1. The Morgan fingerprint density at radius 3 is 2.88 bits per heavy atom. The molecule has 0 saturated heterocycles. The lowest BCUT2D eigenvalue weighted by molar-refractivity contribution is -0.123. The van der Waals surface area contributed by atoms with Crippen molar-refractivity contribution < 1.29 is 9.90 Å². The molecule has 1 aromatic rings. The standard InChI is InChI=1S/C10H14N2O3S/c1-6-5-16-10(15)12(6)4-9(14)11-7-2-8(13)3-7/h5,7-8,13H,2-4H2,1H3,(H,11,14). The zero-order chi connectivity index (χ0) is 11.7. The molecule has 0 spiro atoms. The van der Waals surface area contributed by atoms with Crippen molar-refractivity contribution in [2.24, 2.45) is 0 Å². The van der Waals surface area contributed by atoms with Gasteiger partial charge in [-0.1, -0.05) is 11.3 Å². The van der Waals surface area contributed by atoms with E-state index in [1.54, 1.807) is 12.3 Å². The summed E-state index contributed by atoms with van der Waals surface area (Å²) < 4.78 is 1.45. The monoisotopic (exact) mass is 242 g/mol. The van der Waals surface area contributed by atoms with Crippen LogP contribution in [0.4, 0.5) is 0 Å². The van der Waals surface area contributed by atoms with Gasteiger partial charge in [0, 0.05) is 17.1 Å². The summed E-state index contributed by atoms with van der Waals surface area (Å²) in [5.74, 6) is -0.166. The Kier molecular flexibility index (Phi) is 3.11. The molecule has 1 fully saturated rings. The van der Waals surface area contributed by atoms with E-state index in [1.807, 2.05) is 0 Å². The van der Waals surface area contributed by atoms with Gasteiger partial charge in [-0.15, -0.1) is 0 Å². The smallest absolute Gasteiger partial charge is 0.307 e. The molecule has 1 aromatic heterocycles. The van der Waals surface area contributed by atoms with Gasteiger partial charge < -0.3 is 10.4 Å². The van der Waals surface area contributed by atoms with Crippen molar-refractivity contribution in [2.75, 3.05) is 0 Å². The number of aliphatic hydroxyl groups excluding tert-OH is 1. The van der Waals surface area contributed by atoms with Gasteiger partial charge in [0.1, 0.15) is 6.54 Å². The van der Waals surface area contributed by atoms with Gasteiger partial charge in [-0.2, -0.15) is 0 Å². The van der Waals surface area contributed by atoms with Crippen molar-refractivity contribution in [1.29, 1.82) is 0 Å². The molecule has 16 heavy (non-hydrogen) atoms. The molecule has 1 heterocycles. The predicted molar refractivity (Wildman–Crippen MR) is 60.5 cm³/mol. The van der Waals surface area contributed by atoms with Crippen LogP contribution in [-0.2, 0) is 11.3 Å². The van der Waals surface area contributed by atoms with Gasteiger partial charge in [0.15, 0.2) is 0 Å². The summed E-state index contributed by atoms with van der Waals surface area (Å²) in [4.78, 5) is 22.8. The van der Waals surface area contributed by atoms with Gasteiger partial charge in [-0.05, 0) is 19.8 Å². The van der Waals surface area contributed by atoms with Crippen LogP contribution in [0.15, 0.2) is 10.2 Å². The molecule has 0 radical (unpaired) electrons. The van der Waals surface area contributed by atoms with E-state index in [4.69, 9.17) is 5.11 Å². The molecular formula is C10H14N2O3S. The zero-order valence-corrected chi connectivity index (χ0v) is 9.79. The van der Waals surface area contributed by atoms with E-state index in [-0.39, 0.29) is 29.5 Å². The molecule has 6 heteroatoms. The third-order valence-electron chi connectivity index (χ3n) is 2.76. The van der Waals surface area contributed by atoms with Crippen molar-refractivity contribution in [3.05, 3.63) is 20.7 Å². The second-order valence-corrected chi connectivity index (χ2v) is 4.94. The number of hydrogen-bond donors (Lipinski definition) is 2. The predicted octanol–water partition coefficient (Wildman–Crippen LogP) is -0.142. The summed E-state index contributed by atoms with van der Waals surface area (Å²) in [5, 5.41) is 13.6. The third-order valence-corrected chi connectivity index (χ3v) is 3.64. The summed E-state index contributed by atoms with van der Waals surface area (Å²) in [6, 6.07) is 0.0668. The van der Waals surface area contributed by atoms with E-state index in [2.05, 4.69) is 5.32 Å². The number of nitrogens with zero attached hydrogens (tertiary/aromatic N) is 1. The van der Waals surface area contributed by atoms with Crippen LogP contribution in [0, 0.1) is 6.92 Å². The molecule has 5 nitrogen and oxygen atoms in total. The van der Waals surface area contributed by atoms with E-state index < -0.39 is 0 Å². The van der Waals surface area contributed by atoms with Crippen molar-refractivity contribution in [1.82, 2.24) is 9.88 Å². The molecule has 1 aliphatic carbocycles. The number of hydrogen-bond acceptors (Lipinski definition) is 4. The lowest BCUT2D eigenvalue weighted by Gasteiger charge is -2.31. The van der Waals surface area contributed by atoms with Crippen molar-refractivity contribution in [2.45, 2.75) is 38.5 Å². The maximum Gasteiger partial charge on any atom is 0.307 e. The summed E-state index contributed by atoms with van der Waals surface area (Å²) in [7, 11) is 0. The fourth-order valence-electron chi connectivity index (χ4n) is 1.72. The molecule has 0 unspecified atom stereocenters. The topological polar surface area (TPSA) is 71.3 Å². The van der Waals surface area contributed by atoms with Gasteiger partial charge in [0.2, 0.25) is 5.91 Å². The van der Waals surface area contributed by atoms with Crippen LogP contribution < -0.4 is 10.2 Å². The zero-order valence-electron chi connectivity index (χ0n) is 8.97. The highest BCUT2D eigenvalue weighted by Gasteiger charge is 2.28. The Morgan fingerprint density at radius 2 is 2.38 bits per heavy atom. The lowest BCUT2D eigenvalue weighted by atomic mass is 9.89. The first kappa shape index (κ1) is 11.3. The van der Waals surface area contributed by atoms with E-state index in [9.17, 15) is 9.59 Å². The molecular weight excluding hydrogens is 228 g/mol. The van der Waals surface area contributed by atoms with Crippen molar-refractivity contribution in [3.8, 4) is 0 Å². The van der Waals surface area contributed by atoms with Crippen LogP contribution in [0.1, 0.15) is 18.5 Å². The average Bonchev–Trinajstić information content (AvgIpc) is 2.47. The van der Waals surface area contributed by atoms with Gasteiger partial charge in [-0.25, -0.2) is 0 Å². The molecule has 0 aromatic carbocycles. The normalized spacial score (nSPS) is 23.9. The Hall–Kier alpha value is -1.14. The van der Waals surface area contributed by atoms with E-state index >= 15 is 0 Å². The fraction of sp³-hybridized carbons (Fsp3) is 0.600. The van der Waals surface area contributed by atoms with E-state index in [1.165, 1.54) is 4.57 Å². The number of amides is 1. The molecule has 0 aliphatic heterocycles.